The molecule has 1 aliphatic carbocycles. The molecule has 0 spiro atoms. The topological polar surface area (TPSA) is 124 Å². The first-order valence-electron chi connectivity index (χ1n) is 10.2. The van der Waals surface area contributed by atoms with Crippen LogP contribution >= 0.6 is 0 Å². The molecule has 11 heteroatoms. The largest absolute Gasteiger partial charge is 0.598 e. The Bertz CT molecular complexity index is 1090. The molecule has 2 N–H and O–H groups in total. The van der Waals surface area contributed by atoms with Gasteiger partial charge >= 0.3 is 6.09 Å². The summed E-state index contributed by atoms with van der Waals surface area (Å²) in [5, 5.41) is 18.4. The first-order chi connectivity index (χ1) is 14.6. The van der Waals surface area contributed by atoms with E-state index in [1.807, 2.05) is 33.0 Å². The summed E-state index contributed by atoms with van der Waals surface area (Å²) in [6.45, 7) is 5.85. The fraction of sp³-hybridized carbons (Fsp3) is 0.500. The van der Waals surface area contributed by atoms with Gasteiger partial charge in [0.25, 0.3) is 0 Å². The Balaban J connectivity index is 1.66. The number of anilines is 2. The second kappa shape index (κ2) is 8.13. The number of amides is 1. The smallest absolute Gasteiger partial charge is 0.417 e. The average Bonchev–Trinajstić information content (AvgIpc) is 3.41. The quantitative estimate of drug-likeness (QED) is 0.579. The maximum Gasteiger partial charge on any atom is 0.417 e. The summed E-state index contributed by atoms with van der Waals surface area (Å²) in [6.07, 6.45) is 6.49. The van der Waals surface area contributed by atoms with E-state index in [4.69, 9.17) is 0 Å². The van der Waals surface area contributed by atoms with Gasteiger partial charge in [-0.25, -0.2) is 19.2 Å². The van der Waals surface area contributed by atoms with Gasteiger partial charge in [-0.15, -0.1) is 4.72 Å². The van der Waals surface area contributed by atoms with Crippen LogP contribution in [-0.4, -0.2) is 50.9 Å². The minimum atomic E-state index is -1.15. The zero-order valence-corrected chi connectivity index (χ0v) is 18.8. The lowest BCUT2D eigenvalue weighted by molar-refractivity contribution is 0.204. The summed E-state index contributed by atoms with van der Waals surface area (Å²) in [4.78, 5) is 17.5. The van der Waals surface area contributed by atoms with Crippen molar-refractivity contribution in [3.63, 3.8) is 0 Å². The van der Waals surface area contributed by atoms with E-state index in [1.54, 1.807) is 28.5 Å². The molecule has 1 saturated carbocycles. The van der Waals surface area contributed by atoms with Crippen molar-refractivity contribution in [2.24, 2.45) is 7.05 Å². The zero-order valence-electron chi connectivity index (χ0n) is 18.0. The van der Waals surface area contributed by atoms with Crippen molar-refractivity contribution in [2.45, 2.75) is 56.7 Å². The van der Waals surface area contributed by atoms with Gasteiger partial charge in [0.2, 0.25) is 0 Å². The van der Waals surface area contributed by atoms with Gasteiger partial charge in [0.15, 0.2) is 11.5 Å². The van der Waals surface area contributed by atoms with Crippen molar-refractivity contribution in [3.8, 4) is 0 Å². The van der Waals surface area contributed by atoms with Crippen molar-refractivity contribution >= 4 is 34.6 Å². The maximum absolute atomic E-state index is 12.5. The number of fused-ring (bicyclic) bond motifs is 1. The van der Waals surface area contributed by atoms with E-state index in [0.717, 1.165) is 29.7 Å². The SMILES string of the molecule is Cn1ccc(N(C(=O)O)c2cc([C@H]3CC[C@@H](N[S+]([O-])C(C)(C)C)C3)cn3ncnc23)n1. The first-order valence-corrected chi connectivity index (χ1v) is 11.3. The highest BCUT2D eigenvalue weighted by Gasteiger charge is 2.34. The molecule has 10 nitrogen and oxygen atoms in total. The zero-order chi connectivity index (χ0) is 22.3. The second-order valence-corrected chi connectivity index (χ2v) is 10.9. The molecule has 0 saturated heterocycles. The minimum Gasteiger partial charge on any atom is -0.598 e. The van der Waals surface area contributed by atoms with Gasteiger partial charge in [0, 0.05) is 36.9 Å². The number of carbonyl (C=O) groups is 1. The normalized spacial score (nSPS) is 20.3. The standard InChI is InChI=1S/C20H27N7O3S/c1-20(2,3)31(30)24-15-6-5-13(9-15)14-10-16(18-21-12-22-26(18)11-14)27(19(28)29)17-7-8-25(4)23-17/h7-8,10-13,15,24H,5-6,9H2,1-4H3,(H,28,29)/t13-,15+,31?/m0/s1. The molecule has 4 rings (SSSR count). The number of hydrogen-bond acceptors (Lipinski definition) is 6. The van der Waals surface area contributed by atoms with Crippen molar-refractivity contribution < 1.29 is 14.5 Å². The second-order valence-electron chi connectivity index (χ2n) is 8.86. The summed E-state index contributed by atoms with van der Waals surface area (Å²) < 4.78 is 18.6. The van der Waals surface area contributed by atoms with Crippen molar-refractivity contribution in [1.82, 2.24) is 29.1 Å². The number of carboxylic acid groups (broad SMARTS) is 1. The van der Waals surface area contributed by atoms with Crippen molar-refractivity contribution in [1.29, 1.82) is 0 Å². The van der Waals surface area contributed by atoms with Gasteiger partial charge < -0.3 is 9.66 Å². The van der Waals surface area contributed by atoms with E-state index in [1.165, 1.54) is 6.33 Å². The van der Waals surface area contributed by atoms with Crippen molar-refractivity contribution in [2.75, 3.05) is 4.90 Å². The summed E-state index contributed by atoms with van der Waals surface area (Å²) in [5.74, 6) is 0.491. The molecule has 0 bridgehead atoms. The van der Waals surface area contributed by atoms with Gasteiger partial charge in [-0.1, -0.05) is 0 Å². The Morgan fingerprint density at radius 3 is 2.81 bits per heavy atom. The van der Waals surface area contributed by atoms with Crippen LogP contribution in [0.2, 0.25) is 0 Å². The van der Waals surface area contributed by atoms with E-state index in [9.17, 15) is 14.5 Å². The molecule has 31 heavy (non-hydrogen) atoms. The average molecular weight is 446 g/mol. The van der Waals surface area contributed by atoms with Crippen LogP contribution in [0.4, 0.5) is 16.3 Å². The molecule has 3 heterocycles. The Morgan fingerprint density at radius 1 is 1.39 bits per heavy atom. The van der Waals surface area contributed by atoms with E-state index >= 15 is 0 Å². The molecule has 166 valence electrons. The summed E-state index contributed by atoms with van der Waals surface area (Å²) in [7, 11) is 1.74. The lowest BCUT2D eigenvalue weighted by Gasteiger charge is -2.26. The molecule has 3 aromatic rings. The van der Waals surface area contributed by atoms with E-state index in [2.05, 4.69) is 19.9 Å². The van der Waals surface area contributed by atoms with Crippen LogP contribution in [0.1, 0.15) is 51.5 Å². The van der Waals surface area contributed by atoms with Gasteiger partial charge in [-0.2, -0.15) is 10.2 Å². The number of aryl methyl sites for hydroxylation is 1. The van der Waals surface area contributed by atoms with Crippen LogP contribution in [0.3, 0.4) is 0 Å². The third-order valence-electron chi connectivity index (χ3n) is 5.47. The summed E-state index contributed by atoms with van der Waals surface area (Å²) in [6, 6.07) is 3.65. The van der Waals surface area contributed by atoms with Gasteiger partial charge in [0.05, 0.1) is 11.7 Å². The Morgan fingerprint density at radius 2 is 2.16 bits per heavy atom. The molecule has 3 aromatic heterocycles. The monoisotopic (exact) mass is 445 g/mol. The van der Waals surface area contributed by atoms with E-state index in [-0.39, 0.29) is 16.7 Å². The van der Waals surface area contributed by atoms with Crippen LogP contribution in [-0.2, 0) is 18.4 Å². The van der Waals surface area contributed by atoms with Crippen LogP contribution in [0, 0.1) is 0 Å². The predicted molar refractivity (Wildman–Crippen MR) is 118 cm³/mol. The Labute approximate surface area is 183 Å². The van der Waals surface area contributed by atoms with Crippen LogP contribution in [0.5, 0.6) is 0 Å². The molecule has 0 aliphatic heterocycles. The molecule has 1 amide bonds. The highest BCUT2D eigenvalue weighted by Crippen LogP contribution is 2.38. The molecule has 1 fully saturated rings. The van der Waals surface area contributed by atoms with Gasteiger partial charge in [-0.05, 0) is 57.6 Å². The van der Waals surface area contributed by atoms with Gasteiger partial charge in [0.1, 0.15) is 11.1 Å². The van der Waals surface area contributed by atoms with Crippen LogP contribution in [0.15, 0.2) is 30.9 Å². The lowest BCUT2D eigenvalue weighted by Crippen LogP contribution is -2.43. The molecule has 0 aromatic carbocycles. The molecule has 3 atom stereocenters. The highest BCUT2D eigenvalue weighted by atomic mass is 32.2. The maximum atomic E-state index is 12.5. The molecular formula is C20H27N7O3S. The first kappa shape index (κ1) is 21.6. The van der Waals surface area contributed by atoms with E-state index < -0.39 is 17.5 Å². The number of nitrogens with zero attached hydrogens (tertiary/aromatic N) is 6. The minimum absolute atomic E-state index is 0.145. The van der Waals surface area contributed by atoms with Crippen molar-refractivity contribution in [3.05, 3.63) is 36.4 Å². The third kappa shape index (κ3) is 4.39. The molecule has 0 radical (unpaired) electrons. The number of rotatable bonds is 5. The number of hydrogen-bond donors (Lipinski definition) is 2. The molecular weight excluding hydrogens is 418 g/mol. The lowest BCUT2D eigenvalue weighted by atomic mass is 9.98. The Hall–Kier alpha value is -2.63. The van der Waals surface area contributed by atoms with Crippen LogP contribution < -0.4 is 9.62 Å². The van der Waals surface area contributed by atoms with E-state index in [0.29, 0.717) is 17.2 Å². The fourth-order valence-corrected chi connectivity index (χ4v) is 4.75. The number of aromatic nitrogens is 5. The highest BCUT2D eigenvalue weighted by molar-refractivity contribution is 7.90. The van der Waals surface area contributed by atoms with Crippen LogP contribution in [0.25, 0.3) is 5.65 Å². The number of nitrogens with one attached hydrogen (secondary N) is 1. The fourth-order valence-electron chi connectivity index (χ4n) is 3.88. The molecule has 1 aliphatic rings. The molecule has 1 unspecified atom stereocenters. The predicted octanol–water partition coefficient (Wildman–Crippen LogP) is 2.97. The summed E-state index contributed by atoms with van der Waals surface area (Å²) >= 11 is -1.13. The summed E-state index contributed by atoms with van der Waals surface area (Å²) in [5.41, 5.74) is 1.83. The number of pyridine rings is 1. The third-order valence-corrected chi connectivity index (χ3v) is 7.13. The van der Waals surface area contributed by atoms with Gasteiger partial charge in [-0.3, -0.25) is 4.68 Å². The Kier molecular flexibility index (Phi) is 5.67.